The average Bonchev–Trinajstić information content (AvgIpc) is 2.51. The van der Waals surface area contributed by atoms with Crippen molar-refractivity contribution >= 4 is 9.05 Å². The summed E-state index contributed by atoms with van der Waals surface area (Å²) < 4.78 is 49.1. The van der Waals surface area contributed by atoms with Crippen molar-refractivity contribution in [2.24, 2.45) is 0 Å². The van der Waals surface area contributed by atoms with Gasteiger partial charge in [0, 0.05) is 0 Å². The Morgan fingerprint density at radius 2 is 1.17 bits per heavy atom. The molecule has 0 heterocycles. The van der Waals surface area contributed by atoms with Crippen LogP contribution in [0.4, 0.5) is 0 Å². The Kier molecular flexibility index (Phi) is 12.4. The summed E-state index contributed by atoms with van der Waals surface area (Å²) in [6.07, 6.45) is 2.21. The molecule has 3 unspecified atom stereocenters. The van der Waals surface area contributed by atoms with E-state index < -0.39 is 27.2 Å². The van der Waals surface area contributed by atoms with Crippen molar-refractivity contribution in [1.82, 2.24) is 0 Å². The van der Waals surface area contributed by atoms with Crippen LogP contribution in [0.2, 0.25) is 0 Å². The van der Waals surface area contributed by atoms with Gasteiger partial charge in [-0.2, -0.15) is 0 Å². The molecule has 0 saturated carbocycles. The predicted octanol–water partition coefficient (Wildman–Crippen LogP) is 3.11. The van der Waals surface area contributed by atoms with Crippen LogP contribution in [0.3, 0.4) is 0 Å². The van der Waals surface area contributed by atoms with E-state index in [1.165, 1.54) is 0 Å². The Morgan fingerprint density at radius 3 is 1.46 bits per heavy atom. The molecule has 0 aromatic rings. The molecule has 0 saturated heterocycles. The molecule has 0 amide bonds. The first kappa shape index (κ1) is 24.7. The van der Waals surface area contributed by atoms with Gasteiger partial charge in [-0.25, -0.2) is 0 Å². The maximum absolute atomic E-state index is 10.2. The van der Waals surface area contributed by atoms with Gasteiger partial charge in [-0.05, 0) is 0 Å². The van der Waals surface area contributed by atoms with Gasteiger partial charge in [-0.3, -0.25) is 0 Å². The van der Waals surface area contributed by atoms with Crippen molar-refractivity contribution in [3.63, 3.8) is 0 Å². The average molecular weight is 404 g/mol. The van der Waals surface area contributed by atoms with E-state index in [4.69, 9.17) is 19.6 Å². The van der Waals surface area contributed by atoms with Crippen LogP contribution in [-0.4, -0.2) is 41.3 Å². The van der Waals surface area contributed by atoms with Gasteiger partial charge in [-0.15, -0.1) is 0 Å². The normalized spacial score (nSPS) is 18.9. The maximum atomic E-state index is 10.2. The second-order valence-electron chi connectivity index (χ2n) is 6.01. The van der Waals surface area contributed by atoms with Crippen LogP contribution in [0.5, 0.6) is 0 Å². The molecule has 0 spiro atoms. The van der Waals surface area contributed by atoms with Crippen LogP contribution < -0.4 is 0 Å². The number of hydrogen-bond donors (Lipinski definition) is 2. The van der Waals surface area contributed by atoms with Crippen molar-refractivity contribution < 1.29 is 45.1 Å². The zero-order chi connectivity index (χ0) is 18.8. The van der Waals surface area contributed by atoms with Gasteiger partial charge in [-0.1, -0.05) is 0 Å². The van der Waals surface area contributed by atoms with Gasteiger partial charge in [0.15, 0.2) is 0 Å². The third kappa shape index (κ3) is 9.96. The molecular formula is C15H36O7SiTi. The molecule has 9 heteroatoms. The Hall–Kier alpha value is 0.651. The van der Waals surface area contributed by atoms with E-state index in [1.54, 1.807) is 0 Å². The second kappa shape index (κ2) is 12.1. The summed E-state index contributed by atoms with van der Waals surface area (Å²) >= 11 is -4.97. The zero-order valence-electron chi connectivity index (χ0n) is 16.2. The SMILES string of the molecule is CCC[O][Ti]([OH])([OH])[O][Si](OC(C)CC)(OC(C)CC)OC(C)CC. The summed E-state index contributed by atoms with van der Waals surface area (Å²) in [5.74, 6) is 0. The van der Waals surface area contributed by atoms with Crippen molar-refractivity contribution in [1.29, 1.82) is 0 Å². The van der Waals surface area contributed by atoms with Crippen LogP contribution in [-0.2, 0) is 37.7 Å². The summed E-state index contributed by atoms with van der Waals surface area (Å²) in [7, 11) is -3.77. The quantitative estimate of drug-likeness (QED) is 0.430. The summed E-state index contributed by atoms with van der Waals surface area (Å²) in [5.41, 5.74) is 0. The Balaban J connectivity index is 5.49. The summed E-state index contributed by atoms with van der Waals surface area (Å²) in [4.78, 5) is 0. The van der Waals surface area contributed by atoms with Crippen LogP contribution >= 0.6 is 0 Å². The van der Waals surface area contributed by atoms with E-state index in [-0.39, 0.29) is 24.9 Å². The number of rotatable bonds is 14. The Morgan fingerprint density at radius 1 is 0.792 bits per heavy atom. The van der Waals surface area contributed by atoms with Crippen molar-refractivity contribution in [2.45, 2.75) is 92.5 Å². The fourth-order valence-electron chi connectivity index (χ4n) is 1.57. The topological polar surface area (TPSA) is 86.6 Å². The van der Waals surface area contributed by atoms with Crippen LogP contribution in [0.1, 0.15) is 74.1 Å². The van der Waals surface area contributed by atoms with Crippen LogP contribution in [0, 0.1) is 0 Å². The van der Waals surface area contributed by atoms with Gasteiger partial charge in [0.25, 0.3) is 0 Å². The van der Waals surface area contributed by atoms with E-state index in [2.05, 4.69) is 0 Å². The van der Waals surface area contributed by atoms with Gasteiger partial charge < -0.3 is 0 Å². The van der Waals surface area contributed by atoms with Gasteiger partial charge in [0.1, 0.15) is 0 Å². The molecule has 0 rings (SSSR count). The standard InChI is InChI=1S/C12H27O4Si.C3H7O.2H2O.Ti/c1-7-10(4)14-17(13,15-11(5)8-2)16-12(6)9-3;1-2-3-4;;;/h10-12H,7-9H2,1-6H3;2-3H2,1H3;2*1H2;/q2*-1;;;+4/p-2. The van der Waals surface area contributed by atoms with E-state index >= 15 is 0 Å². The first-order valence-corrected chi connectivity index (χ1v) is 13.3. The van der Waals surface area contributed by atoms with E-state index in [9.17, 15) is 7.38 Å². The molecule has 0 aliphatic heterocycles. The van der Waals surface area contributed by atoms with E-state index in [1.807, 2.05) is 48.5 Å². The van der Waals surface area contributed by atoms with Crippen molar-refractivity contribution in [3.8, 4) is 0 Å². The van der Waals surface area contributed by atoms with Gasteiger partial charge in [0.05, 0.1) is 0 Å². The molecular weight excluding hydrogens is 368 g/mol. The first-order valence-electron chi connectivity index (χ1n) is 8.95. The number of hydrogen-bond acceptors (Lipinski definition) is 7. The first-order chi connectivity index (χ1) is 11.1. The molecule has 0 bridgehead atoms. The van der Waals surface area contributed by atoms with Crippen LogP contribution in [0.25, 0.3) is 0 Å². The van der Waals surface area contributed by atoms with Crippen LogP contribution in [0.15, 0.2) is 0 Å². The minimum absolute atomic E-state index is 0.200. The molecule has 0 aromatic carbocycles. The van der Waals surface area contributed by atoms with Gasteiger partial charge >= 0.3 is 153 Å². The summed E-state index contributed by atoms with van der Waals surface area (Å²) in [6, 6.07) is 0. The van der Waals surface area contributed by atoms with E-state index in [0.717, 1.165) is 19.3 Å². The summed E-state index contributed by atoms with van der Waals surface area (Å²) in [6.45, 7) is 13.6. The van der Waals surface area contributed by atoms with E-state index in [0.29, 0.717) is 6.42 Å². The fraction of sp³-hybridized carbons (Fsp3) is 1.00. The molecule has 24 heavy (non-hydrogen) atoms. The third-order valence-electron chi connectivity index (χ3n) is 3.51. The zero-order valence-corrected chi connectivity index (χ0v) is 18.8. The predicted molar refractivity (Wildman–Crippen MR) is 90.0 cm³/mol. The minimum atomic E-state index is -4.97. The van der Waals surface area contributed by atoms with Crippen molar-refractivity contribution in [3.05, 3.63) is 0 Å². The molecule has 0 aliphatic rings. The molecule has 0 radical (unpaired) electrons. The summed E-state index contributed by atoms with van der Waals surface area (Å²) in [5, 5.41) is 0. The Bertz CT molecular complexity index is 302. The van der Waals surface area contributed by atoms with Gasteiger partial charge in [0.2, 0.25) is 0 Å². The fourth-order valence-corrected chi connectivity index (χ4v) is 7.46. The molecule has 3 atom stereocenters. The Labute approximate surface area is 153 Å². The van der Waals surface area contributed by atoms with Crippen molar-refractivity contribution in [2.75, 3.05) is 6.61 Å². The second-order valence-corrected chi connectivity index (χ2v) is 11.0. The third-order valence-corrected chi connectivity index (χ3v) is 9.43. The molecule has 0 aromatic heterocycles. The molecule has 2 N–H and O–H groups in total. The molecule has 146 valence electrons. The monoisotopic (exact) mass is 404 g/mol. The molecule has 7 nitrogen and oxygen atoms in total. The molecule has 0 fully saturated rings. The molecule has 0 aliphatic carbocycles.